The fraction of sp³-hybridized carbons (Fsp3) is 0.520. The van der Waals surface area contributed by atoms with Gasteiger partial charge < -0.3 is 9.64 Å². The van der Waals surface area contributed by atoms with Gasteiger partial charge in [0.25, 0.3) is 5.91 Å². The number of anilines is 1. The number of hydrogen-bond donors (Lipinski definition) is 0. The highest BCUT2D eigenvalue weighted by atomic mass is 16.5. The van der Waals surface area contributed by atoms with E-state index in [1.165, 1.54) is 0 Å². The van der Waals surface area contributed by atoms with Gasteiger partial charge in [0.05, 0.1) is 12.6 Å². The quantitative estimate of drug-likeness (QED) is 0.714. The summed E-state index contributed by atoms with van der Waals surface area (Å²) in [6.07, 6.45) is 3.87. The van der Waals surface area contributed by atoms with Crippen molar-refractivity contribution in [2.75, 3.05) is 18.6 Å². The van der Waals surface area contributed by atoms with E-state index in [1.54, 1.807) is 25.9 Å². The van der Waals surface area contributed by atoms with Crippen LogP contribution in [0.1, 0.15) is 68.2 Å². The number of amides is 2. The molecule has 1 aromatic carbocycles. The minimum Gasteiger partial charge on any atom is -0.369 e. The standard InChI is InChI=1S/C25H32N4O3/c1-17-19-13-14-21(30)29(16-18-10-6-5-7-11-18)23(19)27-22(26-17)20-12-8-9-15-28(20)24(31)25(2,3)32-4/h5-7,10-11,20H,8-9,12-16H2,1-4H3/t20-/m0/s1. The molecule has 2 aliphatic rings. The van der Waals surface area contributed by atoms with E-state index in [9.17, 15) is 9.59 Å². The maximum Gasteiger partial charge on any atom is 0.254 e. The van der Waals surface area contributed by atoms with Gasteiger partial charge >= 0.3 is 0 Å². The van der Waals surface area contributed by atoms with Crippen LogP contribution >= 0.6 is 0 Å². The predicted octanol–water partition coefficient (Wildman–Crippen LogP) is 3.74. The second-order valence-corrected chi connectivity index (χ2v) is 9.16. The number of likely N-dealkylation sites (tertiary alicyclic amines) is 1. The van der Waals surface area contributed by atoms with Crippen LogP contribution in [0.2, 0.25) is 0 Å². The molecule has 0 saturated carbocycles. The van der Waals surface area contributed by atoms with E-state index < -0.39 is 5.60 Å². The molecule has 0 N–H and O–H groups in total. The second kappa shape index (κ2) is 8.98. The van der Waals surface area contributed by atoms with Crippen molar-refractivity contribution in [2.24, 2.45) is 0 Å². The van der Waals surface area contributed by atoms with E-state index in [2.05, 4.69) is 0 Å². The third-order valence-corrected chi connectivity index (χ3v) is 6.63. The summed E-state index contributed by atoms with van der Waals surface area (Å²) in [4.78, 5) is 39.5. The molecule has 0 aliphatic carbocycles. The Morgan fingerprint density at radius 2 is 1.91 bits per heavy atom. The number of aromatic nitrogens is 2. The number of nitrogens with zero attached hydrogens (tertiary/aromatic N) is 4. The molecule has 2 amide bonds. The average molecular weight is 437 g/mol. The Hall–Kier alpha value is -2.80. The van der Waals surface area contributed by atoms with Crippen molar-refractivity contribution >= 4 is 17.6 Å². The Balaban J connectivity index is 1.72. The molecule has 1 saturated heterocycles. The lowest BCUT2D eigenvalue weighted by Gasteiger charge is -2.39. The number of carbonyl (C=O) groups is 2. The first-order chi connectivity index (χ1) is 15.3. The number of hydrogen-bond acceptors (Lipinski definition) is 5. The smallest absolute Gasteiger partial charge is 0.254 e. The zero-order chi connectivity index (χ0) is 22.9. The predicted molar refractivity (Wildman–Crippen MR) is 122 cm³/mol. The van der Waals surface area contributed by atoms with Crippen LogP contribution < -0.4 is 4.90 Å². The summed E-state index contributed by atoms with van der Waals surface area (Å²) in [6.45, 7) is 6.70. The van der Waals surface area contributed by atoms with Crippen molar-refractivity contribution in [3.05, 3.63) is 53.0 Å². The molecule has 0 bridgehead atoms. The summed E-state index contributed by atoms with van der Waals surface area (Å²) in [6, 6.07) is 9.74. The molecule has 32 heavy (non-hydrogen) atoms. The van der Waals surface area contributed by atoms with Gasteiger partial charge in [0.15, 0.2) is 5.82 Å². The Morgan fingerprint density at radius 3 is 2.62 bits per heavy atom. The minimum absolute atomic E-state index is 0.0547. The van der Waals surface area contributed by atoms with E-state index >= 15 is 0 Å². The lowest BCUT2D eigenvalue weighted by atomic mass is 9.96. The Kier molecular flexibility index (Phi) is 6.29. The van der Waals surface area contributed by atoms with E-state index in [0.29, 0.717) is 37.6 Å². The van der Waals surface area contributed by atoms with Crippen molar-refractivity contribution in [1.82, 2.24) is 14.9 Å². The highest BCUT2D eigenvalue weighted by Gasteiger charge is 2.39. The average Bonchev–Trinajstić information content (AvgIpc) is 2.81. The molecular weight excluding hydrogens is 404 g/mol. The molecule has 7 nitrogen and oxygen atoms in total. The number of rotatable bonds is 5. The maximum atomic E-state index is 13.2. The summed E-state index contributed by atoms with van der Waals surface area (Å²) in [5.74, 6) is 1.33. The molecule has 1 aromatic heterocycles. The van der Waals surface area contributed by atoms with Gasteiger partial charge in [0, 0.05) is 31.3 Å². The summed E-state index contributed by atoms with van der Waals surface area (Å²) < 4.78 is 5.46. The highest BCUT2D eigenvalue weighted by molar-refractivity contribution is 5.95. The van der Waals surface area contributed by atoms with Crippen molar-refractivity contribution in [3.63, 3.8) is 0 Å². The molecule has 1 fully saturated rings. The van der Waals surface area contributed by atoms with Gasteiger partial charge in [-0.05, 0) is 52.0 Å². The summed E-state index contributed by atoms with van der Waals surface area (Å²) in [5.41, 5.74) is 2.06. The maximum absolute atomic E-state index is 13.2. The van der Waals surface area contributed by atoms with Crippen LogP contribution in [0.4, 0.5) is 5.82 Å². The van der Waals surface area contributed by atoms with E-state index in [0.717, 1.165) is 36.1 Å². The fourth-order valence-electron chi connectivity index (χ4n) is 4.56. The van der Waals surface area contributed by atoms with E-state index in [4.69, 9.17) is 14.7 Å². The largest absolute Gasteiger partial charge is 0.369 e. The van der Waals surface area contributed by atoms with Gasteiger partial charge in [-0.2, -0.15) is 0 Å². The van der Waals surface area contributed by atoms with Gasteiger partial charge in [-0.25, -0.2) is 9.97 Å². The van der Waals surface area contributed by atoms with Crippen LogP contribution in [0.5, 0.6) is 0 Å². The van der Waals surface area contributed by atoms with Gasteiger partial charge in [-0.3, -0.25) is 14.5 Å². The Bertz CT molecular complexity index is 1010. The molecule has 4 rings (SSSR count). The first-order valence-electron chi connectivity index (χ1n) is 11.4. The number of piperidine rings is 1. The monoisotopic (exact) mass is 436 g/mol. The molecule has 2 aromatic rings. The number of aryl methyl sites for hydroxylation is 1. The van der Waals surface area contributed by atoms with Crippen molar-refractivity contribution in [3.8, 4) is 0 Å². The fourth-order valence-corrected chi connectivity index (χ4v) is 4.56. The number of benzene rings is 1. The zero-order valence-electron chi connectivity index (χ0n) is 19.4. The van der Waals surface area contributed by atoms with Gasteiger partial charge in [-0.1, -0.05) is 30.3 Å². The molecule has 1 atom stereocenters. The van der Waals surface area contributed by atoms with Crippen LogP contribution in [0.25, 0.3) is 0 Å². The van der Waals surface area contributed by atoms with Crippen LogP contribution in [0.3, 0.4) is 0 Å². The second-order valence-electron chi connectivity index (χ2n) is 9.16. The van der Waals surface area contributed by atoms with E-state index in [-0.39, 0.29) is 17.9 Å². The number of methoxy groups -OCH3 is 1. The highest BCUT2D eigenvalue weighted by Crippen LogP contribution is 2.35. The lowest BCUT2D eigenvalue weighted by Crippen LogP contribution is -2.50. The Labute approximate surface area is 189 Å². The van der Waals surface area contributed by atoms with Crippen LogP contribution in [-0.4, -0.2) is 45.9 Å². The Morgan fingerprint density at radius 1 is 1.16 bits per heavy atom. The van der Waals surface area contributed by atoms with Crippen molar-refractivity contribution in [1.29, 1.82) is 0 Å². The number of carbonyl (C=O) groups excluding carboxylic acids is 2. The molecule has 170 valence electrons. The first kappa shape index (κ1) is 22.4. The number of ether oxygens (including phenoxy) is 1. The third-order valence-electron chi connectivity index (χ3n) is 6.63. The summed E-state index contributed by atoms with van der Waals surface area (Å²) in [5, 5.41) is 0. The minimum atomic E-state index is -0.909. The van der Waals surface area contributed by atoms with Gasteiger partial charge in [0.2, 0.25) is 5.91 Å². The van der Waals surface area contributed by atoms with Crippen molar-refractivity contribution in [2.45, 2.75) is 71.1 Å². The number of fused-ring (bicyclic) bond motifs is 1. The summed E-state index contributed by atoms with van der Waals surface area (Å²) in [7, 11) is 1.56. The molecule has 0 unspecified atom stereocenters. The molecule has 2 aliphatic heterocycles. The molecule has 7 heteroatoms. The van der Waals surface area contributed by atoms with Crippen molar-refractivity contribution < 1.29 is 14.3 Å². The SMILES string of the molecule is COC(C)(C)C(=O)N1CCCC[C@H]1c1nc(C)c2c(n1)N(Cc1ccccc1)C(=O)CC2. The zero-order valence-corrected chi connectivity index (χ0v) is 19.4. The van der Waals surface area contributed by atoms with Gasteiger partial charge in [-0.15, -0.1) is 0 Å². The van der Waals surface area contributed by atoms with Crippen LogP contribution in [0.15, 0.2) is 30.3 Å². The lowest BCUT2D eigenvalue weighted by molar-refractivity contribution is -0.155. The van der Waals surface area contributed by atoms with Crippen LogP contribution in [0, 0.1) is 6.92 Å². The topological polar surface area (TPSA) is 75.6 Å². The molecule has 3 heterocycles. The van der Waals surface area contributed by atoms with E-state index in [1.807, 2.05) is 42.2 Å². The van der Waals surface area contributed by atoms with Gasteiger partial charge in [0.1, 0.15) is 11.4 Å². The van der Waals surface area contributed by atoms with Crippen LogP contribution in [-0.2, 0) is 27.3 Å². The molecule has 0 radical (unpaired) electrons. The molecule has 0 spiro atoms. The first-order valence-corrected chi connectivity index (χ1v) is 11.4. The molecular formula is C25H32N4O3. The third kappa shape index (κ3) is 4.26. The normalized spacial score (nSPS) is 19.1. The summed E-state index contributed by atoms with van der Waals surface area (Å²) >= 11 is 0.